The van der Waals surface area contributed by atoms with Crippen LogP contribution in [0.5, 0.6) is 5.75 Å². The summed E-state index contributed by atoms with van der Waals surface area (Å²) in [6, 6.07) is 7.80. The molecule has 96 valence electrons. The Morgan fingerprint density at radius 1 is 1.28 bits per heavy atom. The van der Waals surface area contributed by atoms with E-state index in [1.54, 1.807) is 0 Å². The standard InChI is InChI=1S/C15H19NOS/c16-15(18)13-3-1-2-4-14(13)17-9-12-8-10-5-6-11(12)7-10/h1-4,10-12H,5-9H2,(H2,16,18). The number of fused-ring (bicyclic) bond motifs is 2. The van der Waals surface area contributed by atoms with E-state index >= 15 is 0 Å². The monoisotopic (exact) mass is 261 g/mol. The van der Waals surface area contributed by atoms with Crippen LogP contribution in [0.2, 0.25) is 0 Å². The number of rotatable bonds is 4. The first-order valence-corrected chi connectivity index (χ1v) is 7.16. The number of para-hydroxylation sites is 1. The Kier molecular flexibility index (Phi) is 3.25. The second-order valence-corrected chi connectivity index (χ2v) is 6.05. The normalized spacial score (nSPS) is 29.4. The van der Waals surface area contributed by atoms with Crippen LogP contribution < -0.4 is 10.5 Å². The van der Waals surface area contributed by atoms with Crippen molar-refractivity contribution in [3.63, 3.8) is 0 Å². The van der Waals surface area contributed by atoms with Crippen LogP contribution in [0.3, 0.4) is 0 Å². The third-order valence-corrected chi connectivity index (χ3v) is 4.71. The summed E-state index contributed by atoms with van der Waals surface area (Å²) in [5, 5.41) is 0. The van der Waals surface area contributed by atoms with Crippen LogP contribution in [0.25, 0.3) is 0 Å². The second kappa shape index (κ2) is 4.88. The van der Waals surface area contributed by atoms with Crippen molar-refractivity contribution in [2.24, 2.45) is 23.5 Å². The Labute approximate surface area is 114 Å². The van der Waals surface area contributed by atoms with Gasteiger partial charge in [0.15, 0.2) is 0 Å². The minimum absolute atomic E-state index is 0.415. The van der Waals surface area contributed by atoms with Crippen LogP contribution in [-0.4, -0.2) is 11.6 Å². The smallest absolute Gasteiger partial charge is 0.129 e. The Balaban J connectivity index is 1.65. The highest BCUT2D eigenvalue weighted by molar-refractivity contribution is 7.80. The van der Waals surface area contributed by atoms with Crippen LogP contribution in [0, 0.1) is 17.8 Å². The van der Waals surface area contributed by atoms with Crippen molar-refractivity contribution < 1.29 is 4.74 Å². The van der Waals surface area contributed by atoms with E-state index in [1.807, 2.05) is 24.3 Å². The Morgan fingerprint density at radius 2 is 2.11 bits per heavy atom. The maximum Gasteiger partial charge on any atom is 0.129 e. The molecule has 2 fully saturated rings. The van der Waals surface area contributed by atoms with E-state index in [1.165, 1.54) is 25.7 Å². The van der Waals surface area contributed by atoms with Gasteiger partial charge in [-0.3, -0.25) is 0 Å². The number of benzene rings is 1. The summed E-state index contributed by atoms with van der Waals surface area (Å²) < 4.78 is 5.97. The van der Waals surface area contributed by atoms with Gasteiger partial charge in [-0.1, -0.05) is 30.8 Å². The van der Waals surface area contributed by atoms with Crippen molar-refractivity contribution >= 4 is 17.2 Å². The van der Waals surface area contributed by atoms with Crippen LogP contribution >= 0.6 is 12.2 Å². The molecular formula is C15H19NOS. The summed E-state index contributed by atoms with van der Waals surface area (Å²) in [4.78, 5) is 0.415. The minimum atomic E-state index is 0.415. The Hall–Kier alpha value is -1.09. The largest absolute Gasteiger partial charge is 0.493 e. The Bertz CT molecular complexity index is 460. The fourth-order valence-corrected chi connectivity index (χ4v) is 3.74. The van der Waals surface area contributed by atoms with Gasteiger partial charge in [0.1, 0.15) is 10.7 Å². The molecule has 0 aliphatic heterocycles. The number of hydrogen-bond donors (Lipinski definition) is 1. The maximum absolute atomic E-state index is 5.97. The highest BCUT2D eigenvalue weighted by Crippen LogP contribution is 2.48. The molecule has 0 radical (unpaired) electrons. The first-order chi connectivity index (χ1) is 8.74. The molecule has 3 rings (SSSR count). The fourth-order valence-electron chi connectivity index (χ4n) is 3.57. The molecule has 2 aliphatic rings. The number of thiocarbonyl (C=S) groups is 1. The van der Waals surface area contributed by atoms with Gasteiger partial charge in [0.05, 0.1) is 12.2 Å². The molecule has 3 heteroatoms. The average Bonchev–Trinajstić information content (AvgIpc) is 2.98. The third kappa shape index (κ3) is 2.24. The molecule has 2 saturated carbocycles. The first kappa shape index (κ1) is 12.0. The molecule has 3 atom stereocenters. The van der Waals surface area contributed by atoms with Crippen molar-refractivity contribution in [2.45, 2.75) is 25.7 Å². The van der Waals surface area contributed by atoms with E-state index in [9.17, 15) is 0 Å². The number of hydrogen-bond acceptors (Lipinski definition) is 2. The van der Waals surface area contributed by atoms with Gasteiger partial charge in [-0.2, -0.15) is 0 Å². The molecule has 2 N–H and O–H groups in total. The molecule has 1 aromatic carbocycles. The minimum Gasteiger partial charge on any atom is -0.493 e. The summed E-state index contributed by atoms with van der Waals surface area (Å²) >= 11 is 5.05. The molecule has 0 aromatic heterocycles. The zero-order chi connectivity index (χ0) is 12.5. The lowest BCUT2D eigenvalue weighted by atomic mass is 9.89. The summed E-state index contributed by atoms with van der Waals surface area (Å²) in [5.41, 5.74) is 6.57. The van der Waals surface area contributed by atoms with Crippen LogP contribution in [-0.2, 0) is 0 Å². The number of nitrogens with two attached hydrogens (primary N) is 1. The highest BCUT2D eigenvalue weighted by Gasteiger charge is 2.39. The molecule has 2 aliphatic carbocycles. The Morgan fingerprint density at radius 3 is 2.78 bits per heavy atom. The molecule has 0 spiro atoms. The van der Waals surface area contributed by atoms with E-state index in [0.29, 0.717) is 4.99 Å². The van der Waals surface area contributed by atoms with Gasteiger partial charge in [-0.05, 0) is 49.1 Å². The van der Waals surface area contributed by atoms with Crippen molar-refractivity contribution in [1.29, 1.82) is 0 Å². The quantitative estimate of drug-likeness (QED) is 0.846. The van der Waals surface area contributed by atoms with E-state index < -0.39 is 0 Å². The fraction of sp³-hybridized carbons (Fsp3) is 0.533. The first-order valence-electron chi connectivity index (χ1n) is 6.75. The van der Waals surface area contributed by atoms with Crippen LogP contribution in [0.4, 0.5) is 0 Å². The maximum atomic E-state index is 5.97. The molecule has 2 nitrogen and oxygen atoms in total. The van der Waals surface area contributed by atoms with E-state index in [0.717, 1.165) is 35.7 Å². The summed E-state index contributed by atoms with van der Waals surface area (Å²) in [5.74, 6) is 3.44. The van der Waals surface area contributed by atoms with Gasteiger partial charge >= 0.3 is 0 Å². The molecule has 3 unspecified atom stereocenters. The van der Waals surface area contributed by atoms with Gasteiger partial charge in [-0.15, -0.1) is 0 Å². The zero-order valence-corrected chi connectivity index (χ0v) is 11.3. The molecular weight excluding hydrogens is 242 g/mol. The molecule has 0 saturated heterocycles. The van der Waals surface area contributed by atoms with Gasteiger partial charge in [0, 0.05) is 0 Å². The van der Waals surface area contributed by atoms with E-state index in [4.69, 9.17) is 22.7 Å². The van der Waals surface area contributed by atoms with Crippen molar-refractivity contribution in [3.05, 3.63) is 29.8 Å². The average molecular weight is 261 g/mol. The van der Waals surface area contributed by atoms with Gasteiger partial charge in [-0.25, -0.2) is 0 Å². The predicted molar refractivity (Wildman–Crippen MR) is 76.8 cm³/mol. The van der Waals surface area contributed by atoms with Crippen LogP contribution in [0.15, 0.2) is 24.3 Å². The third-order valence-electron chi connectivity index (χ3n) is 4.49. The van der Waals surface area contributed by atoms with Crippen molar-refractivity contribution in [3.8, 4) is 5.75 Å². The van der Waals surface area contributed by atoms with Gasteiger partial charge in [0.2, 0.25) is 0 Å². The molecule has 1 aromatic rings. The predicted octanol–water partition coefficient (Wildman–Crippen LogP) is 3.14. The van der Waals surface area contributed by atoms with E-state index in [-0.39, 0.29) is 0 Å². The number of ether oxygens (including phenoxy) is 1. The topological polar surface area (TPSA) is 35.2 Å². The molecule has 2 bridgehead atoms. The lowest BCUT2D eigenvalue weighted by molar-refractivity contribution is 0.195. The van der Waals surface area contributed by atoms with Gasteiger partial charge in [0.25, 0.3) is 0 Å². The van der Waals surface area contributed by atoms with E-state index in [2.05, 4.69) is 0 Å². The summed E-state index contributed by atoms with van der Waals surface area (Å²) in [6.45, 7) is 0.820. The van der Waals surface area contributed by atoms with Gasteiger partial charge < -0.3 is 10.5 Å². The molecule has 0 heterocycles. The zero-order valence-electron chi connectivity index (χ0n) is 10.5. The lowest BCUT2D eigenvalue weighted by Crippen LogP contribution is -2.20. The second-order valence-electron chi connectivity index (χ2n) is 5.61. The highest BCUT2D eigenvalue weighted by atomic mass is 32.1. The van der Waals surface area contributed by atoms with Crippen molar-refractivity contribution in [1.82, 2.24) is 0 Å². The molecule has 18 heavy (non-hydrogen) atoms. The lowest BCUT2D eigenvalue weighted by Gasteiger charge is -2.22. The summed E-state index contributed by atoms with van der Waals surface area (Å²) in [7, 11) is 0. The van der Waals surface area contributed by atoms with Crippen molar-refractivity contribution in [2.75, 3.05) is 6.61 Å². The SMILES string of the molecule is NC(=S)c1ccccc1OCC1CC2CCC1C2. The summed E-state index contributed by atoms with van der Waals surface area (Å²) in [6.07, 6.45) is 5.60. The molecule has 0 amide bonds. The van der Waals surface area contributed by atoms with Crippen LogP contribution in [0.1, 0.15) is 31.2 Å².